The van der Waals surface area contributed by atoms with E-state index in [9.17, 15) is 13.5 Å². The molecular formula is C9H18ClNO3S. The molecular weight excluding hydrogens is 238 g/mol. The molecule has 2 rings (SSSR count). The van der Waals surface area contributed by atoms with Gasteiger partial charge in [-0.3, -0.25) is 0 Å². The largest absolute Gasteiger partial charge is 1.00 e. The fourth-order valence-corrected chi connectivity index (χ4v) is 3.94. The van der Waals surface area contributed by atoms with E-state index in [-0.39, 0.29) is 18.5 Å². The monoisotopic (exact) mass is 255 g/mol. The Morgan fingerprint density at radius 2 is 1.67 bits per heavy atom. The minimum Gasteiger partial charge on any atom is -1.00 e. The summed E-state index contributed by atoms with van der Waals surface area (Å²) in [4.78, 5) is 0. The minimum atomic E-state index is -2.76. The van der Waals surface area contributed by atoms with Crippen molar-refractivity contribution in [3.05, 3.63) is 0 Å². The summed E-state index contributed by atoms with van der Waals surface area (Å²) in [7, 11) is -0.647. The molecule has 0 aromatic carbocycles. The summed E-state index contributed by atoms with van der Waals surface area (Å²) in [6.45, 7) is 1.44. The summed E-state index contributed by atoms with van der Waals surface area (Å²) in [6, 6.07) is 0.487. The maximum Gasteiger partial charge on any atom is 0.161 e. The Hall–Kier alpha value is 0.160. The van der Waals surface area contributed by atoms with E-state index in [0.717, 1.165) is 30.4 Å². The molecule has 6 heteroatoms. The lowest BCUT2D eigenvalue weighted by atomic mass is 9.86. The molecule has 2 fully saturated rings. The van der Waals surface area contributed by atoms with Gasteiger partial charge in [-0.1, -0.05) is 0 Å². The van der Waals surface area contributed by atoms with Gasteiger partial charge in [0.05, 0.1) is 43.8 Å². The van der Waals surface area contributed by atoms with Crippen LogP contribution < -0.4 is 12.4 Å². The molecule has 0 unspecified atom stereocenters. The highest BCUT2D eigenvalue weighted by atomic mass is 35.5. The van der Waals surface area contributed by atoms with Crippen molar-refractivity contribution in [3.8, 4) is 0 Å². The quantitative estimate of drug-likeness (QED) is 0.493. The fourth-order valence-electron chi connectivity index (χ4n) is 2.34. The van der Waals surface area contributed by atoms with Gasteiger partial charge in [0.25, 0.3) is 0 Å². The predicted octanol–water partition coefficient (Wildman–Crippen LogP) is -3.61. The molecule has 1 saturated carbocycles. The summed E-state index contributed by atoms with van der Waals surface area (Å²) in [6.07, 6.45) is 1.54. The van der Waals surface area contributed by atoms with Gasteiger partial charge in [-0.15, -0.1) is 0 Å². The molecule has 1 N–H and O–H groups in total. The summed E-state index contributed by atoms with van der Waals surface area (Å²) in [5, 5.41) is 9.24. The number of hydrogen-bond acceptors (Lipinski definition) is 3. The van der Waals surface area contributed by atoms with Crippen molar-refractivity contribution >= 4 is 9.84 Å². The van der Waals surface area contributed by atoms with Crippen molar-refractivity contribution in [1.82, 2.24) is 0 Å². The highest BCUT2D eigenvalue weighted by Gasteiger charge is 2.45. The Kier molecular flexibility index (Phi) is 3.70. The molecule has 2 aliphatic rings. The number of rotatable bonds is 1. The zero-order valence-corrected chi connectivity index (χ0v) is 10.5. The number of nitrogens with zero attached hydrogens (tertiary/aromatic N) is 1. The number of hydrogen-bond donors (Lipinski definition) is 1. The van der Waals surface area contributed by atoms with Crippen LogP contribution in [0.3, 0.4) is 0 Å². The SMILES string of the molecule is C[N+]1(C2CC(O)C2)CCS(=O)(=O)CC1.[Cl-]. The van der Waals surface area contributed by atoms with E-state index in [4.69, 9.17) is 0 Å². The lowest BCUT2D eigenvalue weighted by molar-refractivity contribution is -0.937. The molecule has 0 aromatic heterocycles. The van der Waals surface area contributed by atoms with Crippen LogP contribution in [0.1, 0.15) is 12.8 Å². The highest BCUT2D eigenvalue weighted by Crippen LogP contribution is 2.31. The van der Waals surface area contributed by atoms with Gasteiger partial charge >= 0.3 is 0 Å². The Morgan fingerprint density at radius 1 is 1.20 bits per heavy atom. The lowest BCUT2D eigenvalue weighted by Crippen LogP contribution is -3.00. The van der Waals surface area contributed by atoms with Crippen molar-refractivity contribution < 1.29 is 30.4 Å². The lowest BCUT2D eigenvalue weighted by Gasteiger charge is -2.49. The smallest absolute Gasteiger partial charge is 0.161 e. The second kappa shape index (κ2) is 4.20. The third-order valence-electron chi connectivity index (χ3n) is 3.80. The standard InChI is InChI=1S/C9H18NO3S.ClH/c1-10(8-6-9(11)7-8)2-4-14(12,13)5-3-10;/h8-9,11H,2-7H2,1H3;1H/q+1;/p-1. The van der Waals surface area contributed by atoms with E-state index in [1.165, 1.54) is 0 Å². The van der Waals surface area contributed by atoms with Gasteiger partial charge < -0.3 is 22.0 Å². The normalized spacial score (nSPS) is 37.5. The maximum absolute atomic E-state index is 11.3. The van der Waals surface area contributed by atoms with Gasteiger partial charge in [0.15, 0.2) is 9.84 Å². The van der Waals surface area contributed by atoms with Gasteiger partial charge in [-0.05, 0) is 0 Å². The number of sulfone groups is 1. The molecule has 0 aromatic rings. The summed E-state index contributed by atoms with van der Waals surface area (Å²) in [5.41, 5.74) is 0. The number of aliphatic hydroxyl groups excluding tert-OH is 1. The first kappa shape index (κ1) is 13.2. The summed E-state index contributed by atoms with van der Waals surface area (Å²) in [5.74, 6) is 0.631. The van der Waals surface area contributed by atoms with Crippen molar-refractivity contribution in [2.24, 2.45) is 0 Å². The van der Waals surface area contributed by atoms with Crippen LogP contribution in [0.2, 0.25) is 0 Å². The highest BCUT2D eigenvalue weighted by molar-refractivity contribution is 7.91. The molecule has 1 aliphatic heterocycles. The van der Waals surface area contributed by atoms with E-state index < -0.39 is 9.84 Å². The van der Waals surface area contributed by atoms with Crippen LogP contribution in [0.25, 0.3) is 0 Å². The molecule has 0 atom stereocenters. The van der Waals surface area contributed by atoms with Gasteiger partial charge in [0.1, 0.15) is 0 Å². The molecule has 4 nitrogen and oxygen atoms in total. The van der Waals surface area contributed by atoms with Gasteiger partial charge in [0.2, 0.25) is 0 Å². The van der Waals surface area contributed by atoms with Crippen molar-refractivity contribution in [1.29, 1.82) is 0 Å². The first-order valence-electron chi connectivity index (χ1n) is 5.14. The molecule has 1 saturated heterocycles. The number of aliphatic hydroxyl groups is 1. The third kappa shape index (κ3) is 2.64. The van der Waals surface area contributed by atoms with E-state index in [1.54, 1.807) is 0 Å². The minimum absolute atomic E-state index is 0. The zero-order valence-electron chi connectivity index (χ0n) is 8.89. The molecule has 0 amide bonds. The molecule has 0 radical (unpaired) electrons. The van der Waals surface area contributed by atoms with Crippen LogP contribution in [-0.4, -0.2) is 61.8 Å². The Bertz CT molecular complexity index is 310. The van der Waals surface area contributed by atoms with E-state index in [0.29, 0.717) is 17.5 Å². The van der Waals surface area contributed by atoms with Crippen molar-refractivity contribution in [2.75, 3.05) is 31.6 Å². The summed E-state index contributed by atoms with van der Waals surface area (Å²) >= 11 is 0. The van der Waals surface area contributed by atoms with E-state index >= 15 is 0 Å². The second-order valence-corrected chi connectivity index (χ2v) is 7.16. The summed E-state index contributed by atoms with van der Waals surface area (Å²) < 4.78 is 23.4. The topological polar surface area (TPSA) is 54.4 Å². The zero-order chi connectivity index (χ0) is 10.4. The third-order valence-corrected chi connectivity index (χ3v) is 5.41. The molecule has 90 valence electrons. The molecule has 15 heavy (non-hydrogen) atoms. The predicted molar refractivity (Wildman–Crippen MR) is 53.6 cm³/mol. The average molecular weight is 256 g/mol. The van der Waals surface area contributed by atoms with Gasteiger partial charge in [0, 0.05) is 12.8 Å². The van der Waals surface area contributed by atoms with Gasteiger partial charge in [-0.2, -0.15) is 0 Å². The molecule has 0 spiro atoms. The fraction of sp³-hybridized carbons (Fsp3) is 1.00. The second-order valence-electron chi connectivity index (χ2n) is 4.86. The Morgan fingerprint density at radius 3 is 2.07 bits per heavy atom. The number of quaternary nitrogens is 1. The van der Waals surface area contributed by atoms with Crippen LogP contribution >= 0.6 is 0 Å². The molecule has 0 bridgehead atoms. The first-order valence-corrected chi connectivity index (χ1v) is 6.96. The van der Waals surface area contributed by atoms with Crippen LogP contribution in [0, 0.1) is 0 Å². The van der Waals surface area contributed by atoms with Crippen LogP contribution in [-0.2, 0) is 9.84 Å². The first-order chi connectivity index (χ1) is 6.41. The Labute approximate surface area is 97.2 Å². The molecule has 1 heterocycles. The average Bonchev–Trinajstić information content (AvgIpc) is 2.06. The van der Waals surface area contributed by atoms with E-state index in [1.807, 2.05) is 0 Å². The van der Waals surface area contributed by atoms with Crippen LogP contribution in [0.15, 0.2) is 0 Å². The van der Waals surface area contributed by atoms with Crippen LogP contribution in [0.4, 0.5) is 0 Å². The Balaban J connectivity index is 0.00000112. The van der Waals surface area contributed by atoms with Crippen LogP contribution in [0.5, 0.6) is 0 Å². The number of halogens is 1. The van der Waals surface area contributed by atoms with Crippen molar-refractivity contribution in [3.63, 3.8) is 0 Å². The maximum atomic E-state index is 11.3. The van der Waals surface area contributed by atoms with Crippen molar-refractivity contribution in [2.45, 2.75) is 25.0 Å². The van der Waals surface area contributed by atoms with Gasteiger partial charge in [-0.25, -0.2) is 8.42 Å². The van der Waals surface area contributed by atoms with E-state index in [2.05, 4.69) is 7.05 Å². The molecule has 1 aliphatic carbocycles.